The van der Waals surface area contributed by atoms with Crippen LogP contribution in [0.3, 0.4) is 0 Å². The summed E-state index contributed by atoms with van der Waals surface area (Å²) in [7, 11) is 0. The standard InChI is InChI=1S/ClH.K.H3N.Na.2H/h1H;;1H3;;;. The Balaban J connectivity index is 0. The third-order valence-corrected chi connectivity index (χ3v) is 0. The SMILES string of the molecule is Cl.N.[KH].[NaH]. The van der Waals surface area contributed by atoms with Gasteiger partial charge in [-0.25, -0.2) is 0 Å². The Morgan fingerprint density at radius 1 is 1.00 bits per heavy atom. The molecule has 4 heavy (non-hydrogen) atoms. The van der Waals surface area contributed by atoms with Crippen LogP contribution in [-0.4, -0.2) is 80.9 Å². The maximum atomic E-state index is 0. The van der Waals surface area contributed by atoms with Gasteiger partial charge in [0.05, 0.1) is 0 Å². The molecule has 0 fully saturated rings. The van der Waals surface area contributed by atoms with Crippen LogP contribution in [0.5, 0.6) is 0 Å². The molecule has 20 valence electrons. The topological polar surface area (TPSA) is 35.0 Å². The van der Waals surface area contributed by atoms with Crippen molar-refractivity contribution in [3.8, 4) is 0 Å². The monoisotopic (exact) mass is 117 g/mol. The van der Waals surface area contributed by atoms with Crippen LogP contribution in [0.25, 0.3) is 0 Å². The van der Waals surface area contributed by atoms with Crippen LogP contribution in [-0.2, 0) is 0 Å². The Hall–Kier alpha value is 2.89. The van der Waals surface area contributed by atoms with Crippen molar-refractivity contribution in [2.24, 2.45) is 0 Å². The zero-order valence-corrected chi connectivity index (χ0v) is 1.93. The van der Waals surface area contributed by atoms with Crippen LogP contribution in [0.15, 0.2) is 0 Å². The van der Waals surface area contributed by atoms with E-state index in [2.05, 4.69) is 0 Å². The van der Waals surface area contributed by atoms with Gasteiger partial charge >= 0.3 is 80.9 Å². The van der Waals surface area contributed by atoms with E-state index >= 15 is 0 Å². The van der Waals surface area contributed by atoms with Crippen molar-refractivity contribution >= 4 is 93.3 Å². The van der Waals surface area contributed by atoms with Crippen molar-refractivity contribution in [1.29, 1.82) is 0 Å². The molecule has 0 saturated heterocycles. The fraction of sp³-hybridized carbons (Fsp3) is 0. The number of hydrogen-bond donors (Lipinski definition) is 1. The zero-order chi connectivity index (χ0) is 0. The summed E-state index contributed by atoms with van der Waals surface area (Å²) in [6.45, 7) is 0. The first-order valence-electron chi connectivity index (χ1n) is 0. The summed E-state index contributed by atoms with van der Waals surface area (Å²) < 4.78 is 0. The zero-order valence-electron chi connectivity index (χ0n) is 1.12. The van der Waals surface area contributed by atoms with E-state index in [1.807, 2.05) is 0 Å². The average Bonchev–Trinajstić information content (AvgIpc) is 0. The summed E-state index contributed by atoms with van der Waals surface area (Å²) in [5.41, 5.74) is 0. The molecular formula is H6ClKNNa. The summed E-state index contributed by atoms with van der Waals surface area (Å²) in [6.07, 6.45) is 0. The van der Waals surface area contributed by atoms with Gasteiger partial charge in [0, 0.05) is 0 Å². The molecule has 0 bridgehead atoms. The van der Waals surface area contributed by atoms with Gasteiger partial charge in [-0.3, -0.25) is 0 Å². The predicted molar refractivity (Wildman–Crippen MR) is 26.6 cm³/mol. The van der Waals surface area contributed by atoms with Gasteiger partial charge in [-0.1, -0.05) is 0 Å². The van der Waals surface area contributed by atoms with Gasteiger partial charge in [0.2, 0.25) is 0 Å². The van der Waals surface area contributed by atoms with Crippen molar-refractivity contribution in [3.05, 3.63) is 0 Å². The van der Waals surface area contributed by atoms with Crippen LogP contribution in [0, 0.1) is 0 Å². The Bertz CT molecular complexity index is 8.00. The molecule has 0 unspecified atom stereocenters. The molecule has 1 nitrogen and oxygen atoms in total. The van der Waals surface area contributed by atoms with E-state index in [-0.39, 0.29) is 99.5 Å². The van der Waals surface area contributed by atoms with Crippen LogP contribution >= 0.6 is 12.4 Å². The van der Waals surface area contributed by atoms with Crippen LogP contribution in [0.2, 0.25) is 0 Å². The summed E-state index contributed by atoms with van der Waals surface area (Å²) in [4.78, 5) is 0. The average molecular weight is 118 g/mol. The van der Waals surface area contributed by atoms with Crippen LogP contribution in [0.4, 0.5) is 0 Å². The molecule has 0 aromatic heterocycles. The number of rotatable bonds is 0. The molecular weight excluding hydrogens is 112 g/mol. The molecule has 0 aliphatic rings. The maximum absolute atomic E-state index is 0. The van der Waals surface area contributed by atoms with E-state index in [0.717, 1.165) is 0 Å². The van der Waals surface area contributed by atoms with Gasteiger partial charge in [0.15, 0.2) is 0 Å². The fourth-order valence-corrected chi connectivity index (χ4v) is 0. The molecule has 4 heteroatoms. The molecule has 0 amide bonds. The van der Waals surface area contributed by atoms with E-state index in [9.17, 15) is 0 Å². The molecule has 0 atom stereocenters. The molecule has 3 N–H and O–H groups in total. The predicted octanol–water partition coefficient (Wildman–Crippen LogP) is -0.713. The normalized spacial score (nSPS) is 0. The Morgan fingerprint density at radius 3 is 1.00 bits per heavy atom. The molecule has 0 rings (SSSR count). The second-order valence-electron chi connectivity index (χ2n) is 0. The third kappa shape index (κ3) is 8.86. The quantitative estimate of drug-likeness (QED) is 0.418. The first-order chi connectivity index (χ1) is 0. The minimum absolute atomic E-state index is 0. The fourth-order valence-electron chi connectivity index (χ4n) is 0. The first-order valence-corrected chi connectivity index (χ1v) is 0. The van der Waals surface area contributed by atoms with Gasteiger partial charge in [0.25, 0.3) is 0 Å². The minimum atomic E-state index is 0. The summed E-state index contributed by atoms with van der Waals surface area (Å²) in [6, 6.07) is 0. The summed E-state index contributed by atoms with van der Waals surface area (Å²) in [5.74, 6) is 0. The van der Waals surface area contributed by atoms with E-state index in [4.69, 9.17) is 0 Å². The molecule has 0 saturated carbocycles. The summed E-state index contributed by atoms with van der Waals surface area (Å²) >= 11 is 0. The number of hydrogen-bond acceptors (Lipinski definition) is 1. The van der Waals surface area contributed by atoms with Gasteiger partial charge < -0.3 is 6.15 Å². The third-order valence-electron chi connectivity index (χ3n) is 0. The van der Waals surface area contributed by atoms with Gasteiger partial charge in [-0.15, -0.1) is 12.4 Å². The van der Waals surface area contributed by atoms with Crippen LogP contribution < -0.4 is 6.15 Å². The molecule has 0 spiro atoms. The molecule has 0 aliphatic heterocycles. The van der Waals surface area contributed by atoms with Gasteiger partial charge in [-0.05, 0) is 0 Å². The molecule has 0 heterocycles. The Kier molecular flexibility index (Phi) is 121. The van der Waals surface area contributed by atoms with Crippen molar-refractivity contribution < 1.29 is 0 Å². The van der Waals surface area contributed by atoms with E-state index in [0.29, 0.717) is 0 Å². The van der Waals surface area contributed by atoms with Crippen molar-refractivity contribution in [2.45, 2.75) is 0 Å². The van der Waals surface area contributed by atoms with Crippen molar-refractivity contribution in [2.75, 3.05) is 0 Å². The van der Waals surface area contributed by atoms with E-state index < -0.39 is 0 Å². The molecule has 0 aromatic carbocycles. The van der Waals surface area contributed by atoms with Crippen molar-refractivity contribution in [1.82, 2.24) is 6.15 Å². The Labute approximate surface area is 97.0 Å². The molecule has 0 aromatic rings. The number of halogens is 1. The summed E-state index contributed by atoms with van der Waals surface area (Å²) in [5, 5.41) is 0. The second-order valence-corrected chi connectivity index (χ2v) is 0. The molecule has 0 radical (unpaired) electrons. The van der Waals surface area contributed by atoms with E-state index in [1.54, 1.807) is 0 Å². The first kappa shape index (κ1) is 28.6. The molecule has 0 aliphatic carbocycles. The van der Waals surface area contributed by atoms with Gasteiger partial charge in [0.1, 0.15) is 0 Å². The second kappa shape index (κ2) is 16.9. The van der Waals surface area contributed by atoms with E-state index in [1.165, 1.54) is 0 Å². The Morgan fingerprint density at radius 2 is 1.00 bits per heavy atom. The van der Waals surface area contributed by atoms with Crippen molar-refractivity contribution in [3.63, 3.8) is 0 Å². The van der Waals surface area contributed by atoms with Gasteiger partial charge in [-0.2, -0.15) is 0 Å². The van der Waals surface area contributed by atoms with Crippen LogP contribution in [0.1, 0.15) is 0 Å².